The van der Waals surface area contributed by atoms with Gasteiger partial charge in [-0.25, -0.2) is 0 Å². The van der Waals surface area contributed by atoms with E-state index < -0.39 is 0 Å². The van der Waals surface area contributed by atoms with Crippen molar-refractivity contribution in [3.63, 3.8) is 0 Å². The Kier molecular flexibility index (Phi) is 4.37. The van der Waals surface area contributed by atoms with Crippen LogP contribution in [-0.4, -0.2) is 7.05 Å². The summed E-state index contributed by atoms with van der Waals surface area (Å²) in [6.07, 6.45) is 1.08. The Morgan fingerprint density at radius 1 is 0.900 bits per heavy atom. The van der Waals surface area contributed by atoms with Crippen LogP contribution in [0.5, 0.6) is 0 Å². The maximum atomic E-state index is 3.46. The Morgan fingerprint density at radius 3 is 1.90 bits per heavy atom. The number of fused-ring (bicyclic) bond motifs is 1. The second kappa shape index (κ2) is 5.87. The van der Waals surface area contributed by atoms with E-state index in [1.807, 2.05) is 7.05 Å². The molecular formula is C19H27N. The molecule has 0 saturated heterocycles. The minimum absolute atomic E-state index is 0.536. The number of aryl methyl sites for hydroxylation is 1. The normalized spacial score (nSPS) is 11.6. The molecule has 2 aromatic rings. The van der Waals surface area contributed by atoms with E-state index in [9.17, 15) is 0 Å². The molecule has 0 aliphatic heterocycles. The van der Waals surface area contributed by atoms with Gasteiger partial charge < -0.3 is 5.32 Å². The van der Waals surface area contributed by atoms with Gasteiger partial charge in [-0.05, 0) is 40.3 Å². The first-order valence-electron chi connectivity index (χ1n) is 7.77. The van der Waals surface area contributed by atoms with E-state index >= 15 is 0 Å². The number of nitrogens with one attached hydrogen (secondary N) is 1. The average Bonchev–Trinajstić information content (AvgIpc) is 2.43. The predicted octanol–water partition coefficient (Wildman–Crippen LogP) is 5.69. The summed E-state index contributed by atoms with van der Waals surface area (Å²) in [7, 11) is 2.04. The summed E-state index contributed by atoms with van der Waals surface area (Å²) in [6.45, 7) is 11.4. The molecule has 0 amide bonds. The van der Waals surface area contributed by atoms with Gasteiger partial charge in [-0.1, -0.05) is 58.9 Å². The molecule has 20 heavy (non-hydrogen) atoms. The molecule has 0 fully saturated rings. The van der Waals surface area contributed by atoms with Gasteiger partial charge in [0.2, 0.25) is 0 Å². The Labute approximate surface area is 123 Å². The monoisotopic (exact) mass is 269 g/mol. The van der Waals surface area contributed by atoms with Gasteiger partial charge in [0, 0.05) is 18.1 Å². The molecule has 2 rings (SSSR count). The lowest BCUT2D eigenvalue weighted by molar-refractivity contribution is 0.847. The van der Waals surface area contributed by atoms with Crippen molar-refractivity contribution < 1.29 is 0 Å². The first-order chi connectivity index (χ1) is 9.51. The summed E-state index contributed by atoms with van der Waals surface area (Å²) in [5.41, 5.74) is 5.72. The minimum atomic E-state index is 0.536. The fourth-order valence-electron chi connectivity index (χ4n) is 3.20. The van der Waals surface area contributed by atoms with Gasteiger partial charge in [-0.3, -0.25) is 0 Å². The van der Waals surface area contributed by atoms with Gasteiger partial charge in [0.05, 0.1) is 0 Å². The highest BCUT2D eigenvalue weighted by Crippen LogP contribution is 2.37. The topological polar surface area (TPSA) is 12.0 Å². The summed E-state index contributed by atoms with van der Waals surface area (Å²) in [4.78, 5) is 0. The molecule has 2 aromatic carbocycles. The summed E-state index contributed by atoms with van der Waals surface area (Å²) < 4.78 is 0. The van der Waals surface area contributed by atoms with Crippen molar-refractivity contribution in [1.82, 2.24) is 0 Å². The molecule has 108 valence electrons. The van der Waals surface area contributed by atoms with Crippen LogP contribution in [0.4, 0.5) is 5.69 Å². The molecule has 0 aromatic heterocycles. The maximum Gasteiger partial charge on any atom is 0.0455 e. The molecule has 1 heteroatoms. The van der Waals surface area contributed by atoms with Gasteiger partial charge in [0.1, 0.15) is 0 Å². The third-order valence-corrected chi connectivity index (χ3v) is 4.21. The smallest absolute Gasteiger partial charge is 0.0455 e. The molecule has 0 heterocycles. The second-order valence-corrected chi connectivity index (χ2v) is 6.17. The zero-order chi connectivity index (χ0) is 14.9. The molecule has 1 N–H and O–H groups in total. The van der Waals surface area contributed by atoms with Gasteiger partial charge in [-0.15, -0.1) is 0 Å². The molecule has 0 aliphatic carbocycles. The summed E-state index contributed by atoms with van der Waals surface area (Å²) in [6, 6.07) is 9.12. The number of benzene rings is 2. The molecule has 0 saturated carbocycles. The number of rotatable bonds is 4. The van der Waals surface area contributed by atoms with Crippen LogP contribution in [0.25, 0.3) is 10.8 Å². The fourth-order valence-corrected chi connectivity index (χ4v) is 3.20. The maximum absolute atomic E-state index is 3.46. The Bertz CT molecular complexity index is 558. The van der Waals surface area contributed by atoms with Crippen LogP contribution in [0.3, 0.4) is 0 Å². The van der Waals surface area contributed by atoms with E-state index in [1.54, 1.807) is 0 Å². The van der Waals surface area contributed by atoms with Crippen molar-refractivity contribution >= 4 is 16.5 Å². The lowest BCUT2D eigenvalue weighted by atomic mass is 9.87. The van der Waals surface area contributed by atoms with Gasteiger partial charge in [0.15, 0.2) is 0 Å². The first-order valence-corrected chi connectivity index (χ1v) is 7.77. The standard InChI is InChI=1S/C19H27N/c1-7-15-16(12(2)3)10-8-14-9-11-17(13(4)5)19(20-6)18(14)15/h8-13,20H,7H2,1-6H3. The molecule has 0 bridgehead atoms. The van der Waals surface area contributed by atoms with Crippen LogP contribution in [0.15, 0.2) is 24.3 Å². The van der Waals surface area contributed by atoms with Crippen LogP contribution < -0.4 is 5.32 Å². The quantitative estimate of drug-likeness (QED) is 0.751. The van der Waals surface area contributed by atoms with E-state index in [-0.39, 0.29) is 0 Å². The Morgan fingerprint density at radius 2 is 1.45 bits per heavy atom. The molecule has 0 radical (unpaired) electrons. The summed E-state index contributed by atoms with van der Waals surface area (Å²) >= 11 is 0. The number of hydrogen-bond donors (Lipinski definition) is 1. The van der Waals surface area contributed by atoms with Crippen LogP contribution in [0.2, 0.25) is 0 Å². The molecule has 0 aliphatic rings. The Balaban J connectivity index is 2.89. The van der Waals surface area contributed by atoms with Crippen molar-refractivity contribution in [2.75, 3.05) is 12.4 Å². The summed E-state index contributed by atoms with van der Waals surface area (Å²) in [5.74, 6) is 1.11. The van der Waals surface area contributed by atoms with Crippen molar-refractivity contribution in [3.05, 3.63) is 41.0 Å². The minimum Gasteiger partial charge on any atom is -0.387 e. The zero-order valence-corrected chi connectivity index (χ0v) is 13.7. The van der Waals surface area contributed by atoms with Crippen LogP contribution in [0, 0.1) is 0 Å². The van der Waals surface area contributed by atoms with E-state index in [0.717, 1.165) is 6.42 Å². The Hall–Kier alpha value is -1.50. The fraction of sp³-hybridized carbons (Fsp3) is 0.474. The van der Waals surface area contributed by atoms with E-state index in [4.69, 9.17) is 0 Å². The SMILES string of the molecule is CCc1c(C(C)C)ccc2ccc(C(C)C)c(NC)c12. The predicted molar refractivity (Wildman–Crippen MR) is 91.1 cm³/mol. The van der Waals surface area contributed by atoms with Crippen molar-refractivity contribution in [3.8, 4) is 0 Å². The number of hydrogen-bond acceptors (Lipinski definition) is 1. The molecule has 1 nitrogen and oxygen atoms in total. The van der Waals surface area contributed by atoms with Crippen molar-refractivity contribution in [2.24, 2.45) is 0 Å². The van der Waals surface area contributed by atoms with E-state index in [2.05, 4.69) is 64.2 Å². The van der Waals surface area contributed by atoms with Crippen molar-refractivity contribution in [1.29, 1.82) is 0 Å². The average molecular weight is 269 g/mol. The largest absolute Gasteiger partial charge is 0.387 e. The number of anilines is 1. The van der Waals surface area contributed by atoms with Crippen molar-refractivity contribution in [2.45, 2.75) is 52.9 Å². The highest BCUT2D eigenvalue weighted by atomic mass is 14.8. The van der Waals surface area contributed by atoms with Crippen LogP contribution in [0.1, 0.15) is 63.1 Å². The summed E-state index contributed by atoms with van der Waals surface area (Å²) in [5, 5.41) is 6.23. The first kappa shape index (κ1) is 14.9. The second-order valence-electron chi connectivity index (χ2n) is 6.17. The van der Waals surface area contributed by atoms with Gasteiger partial charge >= 0.3 is 0 Å². The highest BCUT2D eigenvalue weighted by Gasteiger charge is 2.15. The molecule has 0 spiro atoms. The van der Waals surface area contributed by atoms with E-state index in [1.165, 1.54) is 33.2 Å². The third-order valence-electron chi connectivity index (χ3n) is 4.21. The lowest BCUT2D eigenvalue weighted by Gasteiger charge is -2.21. The molecule has 0 atom stereocenters. The highest BCUT2D eigenvalue weighted by molar-refractivity contribution is 5.99. The molecule has 0 unspecified atom stereocenters. The van der Waals surface area contributed by atoms with E-state index in [0.29, 0.717) is 11.8 Å². The van der Waals surface area contributed by atoms with Gasteiger partial charge in [-0.2, -0.15) is 0 Å². The lowest BCUT2D eigenvalue weighted by Crippen LogP contribution is -2.03. The van der Waals surface area contributed by atoms with Crippen LogP contribution in [-0.2, 0) is 6.42 Å². The zero-order valence-electron chi connectivity index (χ0n) is 13.7. The third kappa shape index (κ3) is 2.42. The van der Waals surface area contributed by atoms with Gasteiger partial charge in [0.25, 0.3) is 0 Å². The molecular weight excluding hydrogens is 242 g/mol. The van der Waals surface area contributed by atoms with Crippen LogP contribution >= 0.6 is 0 Å².